The van der Waals surface area contributed by atoms with Crippen molar-refractivity contribution in [3.05, 3.63) is 0 Å². The minimum Gasteiger partial charge on any atom is -0.459 e. The zero-order valence-electron chi connectivity index (χ0n) is 7.18. The number of carbonyl (C=O) groups excluding carboxylic acids is 1. The van der Waals surface area contributed by atoms with Gasteiger partial charge in [0, 0.05) is 0 Å². The zero-order chi connectivity index (χ0) is 10.7. The maximum Gasteiger partial charge on any atom is 0.293 e. The van der Waals surface area contributed by atoms with E-state index in [0.29, 0.717) is 0 Å². The Kier molecular flexibility index (Phi) is 3.78. The summed E-state index contributed by atoms with van der Waals surface area (Å²) in [5.41, 5.74) is 0. The third-order valence-corrected chi connectivity index (χ3v) is 2.05. The van der Waals surface area contributed by atoms with E-state index in [-0.39, 0.29) is 6.47 Å². The van der Waals surface area contributed by atoms with Crippen LogP contribution in [0.2, 0.25) is 0 Å². The summed E-state index contributed by atoms with van der Waals surface area (Å²) >= 11 is 0. The second-order valence-electron chi connectivity index (χ2n) is 2.93. The lowest BCUT2D eigenvalue weighted by molar-refractivity contribution is -0.287. The van der Waals surface area contributed by atoms with Crippen LogP contribution < -0.4 is 0 Å². The molecule has 1 rings (SSSR count). The molecular weight excluding hydrogens is 196 g/mol. The van der Waals surface area contributed by atoms with Crippen LogP contribution in [0.4, 0.5) is 0 Å². The van der Waals surface area contributed by atoms with E-state index >= 15 is 0 Å². The maximum atomic E-state index is 10.1. The Balaban J connectivity index is 2.72. The molecule has 0 aromatic carbocycles. The fourth-order valence-electron chi connectivity index (χ4n) is 1.30. The first kappa shape index (κ1) is 11.3. The molecule has 1 aliphatic heterocycles. The molecule has 1 fully saturated rings. The van der Waals surface area contributed by atoms with Crippen LogP contribution in [-0.2, 0) is 14.3 Å². The summed E-state index contributed by atoms with van der Waals surface area (Å²) in [5, 5.41) is 36.3. The van der Waals surface area contributed by atoms with Gasteiger partial charge in [-0.15, -0.1) is 0 Å². The Morgan fingerprint density at radius 3 is 2.43 bits per heavy atom. The smallest absolute Gasteiger partial charge is 0.293 e. The van der Waals surface area contributed by atoms with Crippen LogP contribution in [0.5, 0.6) is 0 Å². The van der Waals surface area contributed by atoms with Gasteiger partial charge in [0.1, 0.15) is 18.3 Å². The fraction of sp³-hybridized carbons (Fsp3) is 0.857. The summed E-state index contributed by atoms with van der Waals surface area (Å²) in [6.07, 6.45) is -6.89. The lowest BCUT2D eigenvalue weighted by atomic mass is 9.99. The highest BCUT2D eigenvalue weighted by Gasteiger charge is 2.44. The van der Waals surface area contributed by atoms with E-state index in [9.17, 15) is 9.90 Å². The van der Waals surface area contributed by atoms with Gasteiger partial charge in [0.15, 0.2) is 12.4 Å². The number of aliphatic hydroxyl groups is 4. The van der Waals surface area contributed by atoms with E-state index in [1.165, 1.54) is 0 Å². The molecular formula is C7H12O7. The van der Waals surface area contributed by atoms with Crippen molar-refractivity contribution in [3.63, 3.8) is 0 Å². The van der Waals surface area contributed by atoms with Gasteiger partial charge < -0.3 is 29.9 Å². The van der Waals surface area contributed by atoms with Crippen molar-refractivity contribution in [3.8, 4) is 0 Å². The molecule has 4 N–H and O–H groups in total. The van der Waals surface area contributed by atoms with E-state index in [2.05, 4.69) is 4.74 Å². The standard InChI is InChI=1S/C7H12O7/c8-1-3-6(13-2-9)4(10)5(11)7(12)14-3/h2-8,10-12H,1H2/t3-,4+,5-,6+,7+/m1/s1. The number of rotatable bonds is 3. The average Bonchev–Trinajstić information content (AvgIpc) is 2.19. The van der Waals surface area contributed by atoms with Gasteiger partial charge >= 0.3 is 0 Å². The molecule has 1 aliphatic rings. The van der Waals surface area contributed by atoms with Crippen molar-refractivity contribution in [2.45, 2.75) is 30.7 Å². The summed E-state index contributed by atoms with van der Waals surface area (Å²) < 4.78 is 9.13. The zero-order valence-corrected chi connectivity index (χ0v) is 7.18. The van der Waals surface area contributed by atoms with Crippen LogP contribution in [0.3, 0.4) is 0 Å². The van der Waals surface area contributed by atoms with Gasteiger partial charge in [0.2, 0.25) is 0 Å². The van der Waals surface area contributed by atoms with Crippen LogP contribution in [0, 0.1) is 0 Å². The lowest BCUT2D eigenvalue weighted by Gasteiger charge is -2.38. The monoisotopic (exact) mass is 208 g/mol. The highest BCUT2D eigenvalue weighted by molar-refractivity contribution is 5.38. The molecule has 0 unspecified atom stereocenters. The van der Waals surface area contributed by atoms with Crippen LogP contribution >= 0.6 is 0 Å². The third kappa shape index (κ3) is 2.02. The summed E-state index contributed by atoms with van der Waals surface area (Å²) in [6, 6.07) is 0. The van der Waals surface area contributed by atoms with Crippen molar-refractivity contribution in [2.75, 3.05) is 6.61 Å². The SMILES string of the molecule is O=CO[C@@H]1[C@@H](O)[C@@H](O)[C@@H](O)O[C@@H]1CO. The molecule has 82 valence electrons. The van der Waals surface area contributed by atoms with E-state index in [1.54, 1.807) is 0 Å². The van der Waals surface area contributed by atoms with Crippen LogP contribution in [0.25, 0.3) is 0 Å². The molecule has 7 heteroatoms. The molecule has 5 atom stereocenters. The Morgan fingerprint density at radius 2 is 1.93 bits per heavy atom. The van der Waals surface area contributed by atoms with Gasteiger partial charge in [-0.1, -0.05) is 0 Å². The second-order valence-corrected chi connectivity index (χ2v) is 2.93. The van der Waals surface area contributed by atoms with E-state index in [1.807, 2.05) is 0 Å². The predicted molar refractivity (Wildman–Crippen MR) is 40.9 cm³/mol. The predicted octanol–water partition coefficient (Wildman–Crippen LogP) is -3.04. The number of ether oxygens (including phenoxy) is 2. The number of hydrogen-bond acceptors (Lipinski definition) is 7. The van der Waals surface area contributed by atoms with E-state index < -0.39 is 37.3 Å². The van der Waals surface area contributed by atoms with Crippen LogP contribution in [-0.4, -0.2) is 64.2 Å². The molecule has 0 amide bonds. The lowest BCUT2D eigenvalue weighted by Crippen LogP contribution is -2.59. The molecule has 14 heavy (non-hydrogen) atoms. The minimum atomic E-state index is -1.60. The highest BCUT2D eigenvalue weighted by atomic mass is 16.7. The van der Waals surface area contributed by atoms with E-state index in [4.69, 9.17) is 20.1 Å². The number of aliphatic hydroxyl groups excluding tert-OH is 4. The number of hydrogen-bond donors (Lipinski definition) is 4. The summed E-state index contributed by atoms with van der Waals surface area (Å²) in [4.78, 5) is 10.1. The average molecular weight is 208 g/mol. The molecule has 0 aromatic heterocycles. The Bertz CT molecular complexity index is 194. The first-order chi connectivity index (χ1) is 6.61. The van der Waals surface area contributed by atoms with Gasteiger partial charge in [0.05, 0.1) is 6.61 Å². The third-order valence-electron chi connectivity index (χ3n) is 2.05. The molecule has 1 heterocycles. The van der Waals surface area contributed by atoms with Gasteiger partial charge in [0.25, 0.3) is 6.47 Å². The van der Waals surface area contributed by atoms with Crippen molar-refractivity contribution < 1.29 is 34.7 Å². The minimum absolute atomic E-state index is 0.0737. The van der Waals surface area contributed by atoms with Crippen molar-refractivity contribution >= 4 is 6.47 Å². The normalized spacial score (nSPS) is 43.3. The molecule has 0 radical (unpaired) electrons. The Morgan fingerprint density at radius 1 is 1.29 bits per heavy atom. The van der Waals surface area contributed by atoms with Crippen LogP contribution in [0.1, 0.15) is 0 Å². The Labute approximate surface area is 79.5 Å². The largest absolute Gasteiger partial charge is 0.459 e. The summed E-state index contributed by atoms with van der Waals surface area (Å²) in [6.45, 7) is -0.469. The number of carbonyl (C=O) groups is 1. The highest BCUT2D eigenvalue weighted by Crippen LogP contribution is 2.21. The molecule has 0 aromatic rings. The molecule has 0 bridgehead atoms. The molecule has 7 nitrogen and oxygen atoms in total. The fourth-order valence-corrected chi connectivity index (χ4v) is 1.30. The van der Waals surface area contributed by atoms with E-state index in [0.717, 1.165) is 0 Å². The van der Waals surface area contributed by atoms with Gasteiger partial charge in [-0.2, -0.15) is 0 Å². The molecule has 0 spiro atoms. The topological polar surface area (TPSA) is 116 Å². The first-order valence-corrected chi connectivity index (χ1v) is 4.01. The van der Waals surface area contributed by atoms with Crippen molar-refractivity contribution in [2.24, 2.45) is 0 Å². The molecule has 1 saturated heterocycles. The first-order valence-electron chi connectivity index (χ1n) is 4.01. The van der Waals surface area contributed by atoms with Gasteiger partial charge in [-0.3, -0.25) is 4.79 Å². The van der Waals surface area contributed by atoms with Crippen molar-refractivity contribution in [1.82, 2.24) is 0 Å². The quantitative estimate of drug-likeness (QED) is 0.364. The van der Waals surface area contributed by atoms with Gasteiger partial charge in [-0.25, -0.2) is 0 Å². The summed E-state index contributed by atoms with van der Waals surface area (Å²) in [5.74, 6) is 0. The summed E-state index contributed by atoms with van der Waals surface area (Å²) in [7, 11) is 0. The van der Waals surface area contributed by atoms with Crippen molar-refractivity contribution in [1.29, 1.82) is 0 Å². The Hall–Kier alpha value is -0.730. The molecule has 0 saturated carbocycles. The second kappa shape index (κ2) is 4.67. The van der Waals surface area contributed by atoms with Gasteiger partial charge in [-0.05, 0) is 0 Å². The van der Waals surface area contributed by atoms with Crippen LogP contribution in [0.15, 0.2) is 0 Å². The maximum absolute atomic E-state index is 10.1. The molecule has 0 aliphatic carbocycles.